The lowest BCUT2D eigenvalue weighted by molar-refractivity contribution is 0.00451. The molecule has 3 rings (SSSR count). The van der Waals surface area contributed by atoms with E-state index in [1.165, 1.54) is 6.07 Å². The molecule has 2 aromatic carbocycles. The highest BCUT2D eigenvalue weighted by Crippen LogP contribution is 2.42. The lowest BCUT2D eigenvalue weighted by Crippen LogP contribution is -2.03. The number of hydrogen-bond acceptors (Lipinski definition) is 2. The Kier molecular flexibility index (Phi) is 3.22. The van der Waals surface area contributed by atoms with Crippen LogP contribution in [-0.4, -0.2) is 23.1 Å². The summed E-state index contributed by atoms with van der Waals surface area (Å²) in [5.41, 5.74) is 11.1. The van der Waals surface area contributed by atoms with Crippen LogP contribution in [0.4, 0.5) is 0 Å². The minimum absolute atomic E-state index is 0.168. The van der Waals surface area contributed by atoms with Crippen molar-refractivity contribution >= 4 is 41.5 Å². The van der Waals surface area contributed by atoms with E-state index in [2.05, 4.69) is 4.79 Å². The molecule has 0 radical (unpaired) electrons. The van der Waals surface area contributed by atoms with Gasteiger partial charge in [-0.05, 0) is 23.8 Å². The van der Waals surface area contributed by atoms with Crippen molar-refractivity contribution in [3.8, 4) is 11.1 Å². The highest BCUT2D eigenvalue weighted by molar-refractivity contribution is 6.37. The van der Waals surface area contributed by atoms with Crippen molar-refractivity contribution in [2.75, 3.05) is 0 Å². The molecular formula is C15H6Cl2N2O2. The van der Waals surface area contributed by atoms with Crippen LogP contribution in [0.3, 0.4) is 0 Å². The van der Waals surface area contributed by atoms with Crippen LogP contribution in [0, 0.1) is 0 Å². The number of benzene rings is 2. The number of nitrogens with zero attached hydrogens (tertiary/aromatic N) is 2. The Hall–Kier alpha value is -2.26. The lowest BCUT2D eigenvalue weighted by atomic mass is 9.96. The van der Waals surface area contributed by atoms with Gasteiger partial charge in [0.2, 0.25) is 0 Å². The molecule has 1 aliphatic carbocycles. The minimum atomic E-state index is -0.303. The van der Waals surface area contributed by atoms with Gasteiger partial charge in [0.15, 0.2) is 12.1 Å². The fraction of sp³-hybridized carbons (Fsp3) is 0. The summed E-state index contributed by atoms with van der Waals surface area (Å²) in [5, 5.41) is 0.590. The van der Waals surface area contributed by atoms with Gasteiger partial charge < -0.3 is 5.53 Å². The smallest absolute Gasteiger partial charge is 0.290 e. The largest absolute Gasteiger partial charge is 0.361 e. The summed E-state index contributed by atoms with van der Waals surface area (Å²) in [6.45, 7) is 0. The molecule has 1 aliphatic rings. The molecule has 0 spiro atoms. The van der Waals surface area contributed by atoms with Gasteiger partial charge in [-0.25, -0.2) is 0 Å². The molecule has 102 valence electrons. The van der Waals surface area contributed by atoms with Gasteiger partial charge in [-0.15, -0.1) is 0 Å². The molecule has 0 saturated heterocycles. The highest BCUT2D eigenvalue weighted by atomic mass is 35.5. The average molecular weight is 317 g/mol. The summed E-state index contributed by atoms with van der Waals surface area (Å²) in [5.74, 6) is -0.303. The van der Waals surface area contributed by atoms with Crippen molar-refractivity contribution in [3.63, 3.8) is 0 Å². The fourth-order valence-corrected chi connectivity index (χ4v) is 2.98. The van der Waals surface area contributed by atoms with Crippen LogP contribution in [0.15, 0.2) is 24.3 Å². The van der Waals surface area contributed by atoms with Gasteiger partial charge in [0, 0.05) is 27.3 Å². The van der Waals surface area contributed by atoms with Crippen molar-refractivity contribution in [1.29, 1.82) is 0 Å². The summed E-state index contributed by atoms with van der Waals surface area (Å²) in [6, 6.07) is 6.32. The number of ketones is 1. The predicted molar refractivity (Wildman–Crippen MR) is 79.5 cm³/mol. The molecule has 0 amide bonds. The van der Waals surface area contributed by atoms with E-state index in [0.29, 0.717) is 33.6 Å². The molecule has 0 aliphatic heterocycles. The van der Waals surface area contributed by atoms with Crippen LogP contribution in [0.5, 0.6) is 0 Å². The average Bonchev–Trinajstić information content (AvgIpc) is 2.75. The van der Waals surface area contributed by atoms with E-state index in [-0.39, 0.29) is 21.9 Å². The van der Waals surface area contributed by atoms with E-state index in [1.54, 1.807) is 18.2 Å². The second-order valence-corrected chi connectivity index (χ2v) is 5.34. The SMILES string of the molecule is [N-]=[N+]=Cc1c(Cl)cc(C=O)c2c1C(=O)c1cc(Cl)ccc1-2. The summed E-state index contributed by atoms with van der Waals surface area (Å²) >= 11 is 12.0. The van der Waals surface area contributed by atoms with E-state index in [1.807, 2.05) is 0 Å². The van der Waals surface area contributed by atoms with Gasteiger partial charge in [0.05, 0.1) is 10.6 Å². The van der Waals surface area contributed by atoms with E-state index >= 15 is 0 Å². The Morgan fingerprint density at radius 3 is 2.52 bits per heavy atom. The molecule has 0 N–H and O–H groups in total. The lowest BCUT2D eigenvalue weighted by Gasteiger charge is -2.06. The van der Waals surface area contributed by atoms with E-state index in [4.69, 9.17) is 28.7 Å². The summed E-state index contributed by atoms with van der Waals surface area (Å²) in [7, 11) is 0. The van der Waals surface area contributed by atoms with Gasteiger partial charge >= 0.3 is 0 Å². The Balaban J connectivity index is 2.48. The third-order valence-electron chi connectivity index (χ3n) is 3.38. The quantitative estimate of drug-likeness (QED) is 0.313. The van der Waals surface area contributed by atoms with Gasteiger partial charge in [0.1, 0.15) is 0 Å². The number of rotatable bonds is 2. The molecule has 2 aromatic rings. The monoisotopic (exact) mass is 316 g/mol. The zero-order valence-electron chi connectivity index (χ0n) is 10.4. The van der Waals surface area contributed by atoms with Crippen LogP contribution in [0.1, 0.15) is 31.8 Å². The van der Waals surface area contributed by atoms with Crippen molar-refractivity contribution in [3.05, 3.63) is 62.1 Å². The third-order valence-corrected chi connectivity index (χ3v) is 3.93. The molecule has 4 nitrogen and oxygen atoms in total. The first kappa shape index (κ1) is 13.7. The first-order valence-electron chi connectivity index (χ1n) is 5.92. The van der Waals surface area contributed by atoms with Gasteiger partial charge in [0.25, 0.3) is 6.21 Å². The molecule has 0 saturated carbocycles. The number of halogens is 2. The maximum absolute atomic E-state index is 12.6. The predicted octanol–water partition coefficient (Wildman–Crippen LogP) is 3.67. The molecule has 0 fully saturated rings. The van der Waals surface area contributed by atoms with Crippen molar-refractivity contribution in [1.82, 2.24) is 0 Å². The molecule has 0 unspecified atom stereocenters. The molecule has 0 heterocycles. The van der Waals surface area contributed by atoms with Gasteiger partial charge in [-0.3, -0.25) is 9.59 Å². The van der Waals surface area contributed by atoms with Gasteiger partial charge in [-0.1, -0.05) is 29.3 Å². The number of carbonyl (C=O) groups is 2. The molecule has 0 atom stereocenters. The maximum atomic E-state index is 12.6. The number of fused-ring (bicyclic) bond motifs is 3. The summed E-state index contributed by atoms with van der Waals surface area (Å²) < 4.78 is 0. The molecule has 21 heavy (non-hydrogen) atoms. The molecule has 0 aromatic heterocycles. The first-order valence-corrected chi connectivity index (χ1v) is 6.67. The van der Waals surface area contributed by atoms with Crippen LogP contribution in [0.25, 0.3) is 16.7 Å². The molecule has 0 bridgehead atoms. The number of hydrogen-bond donors (Lipinski definition) is 0. The zero-order valence-corrected chi connectivity index (χ0v) is 11.9. The molecule has 6 heteroatoms. The van der Waals surface area contributed by atoms with E-state index in [0.717, 1.165) is 6.21 Å². The second kappa shape index (κ2) is 4.93. The van der Waals surface area contributed by atoms with Crippen molar-refractivity contribution < 1.29 is 14.4 Å². The van der Waals surface area contributed by atoms with Crippen LogP contribution >= 0.6 is 23.2 Å². The minimum Gasteiger partial charge on any atom is -0.361 e. The van der Waals surface area contributed by atoms with E-state index in [9.17, 15) is 9.59 Å². The normalized spacial score (nSPS) is 11.6. The van der Waals surface area contributed by atoms with Crippen LogP contribution in [0.2, 0.25) is 10.0 Å². The van der Waals surface area contributed by atoms with Crippen molar-refractivity contribution in [2.24, 2.45) is 0 Å². The third kappa shape index (κ3) is 1.93. The van der Waals surface area contributed by atoms with Crippen molar-refractivity contribution in [2.45, 2.75) is 0 Å². The van der Waals surface area contributed by atoms with Gasteiger partial charge in [-0.2, -0.15) is 4.79 Å². The Morgan fingerprint density at radius 2 is 1.86 bits per heavy atom. The van der Waals surface area contributed by atoms with Crippen LogP contribution < -0.4 is 0 Å². The Labute approximate surface area is 129 Å². The number of carbonyl (C=O) groups excluding carboxylic acids is 2. The first-order chi connectivity index (χ1) is 10.1. The highest BCUT2D eigenvalue weighted by Gasteiger charge is 2.33. The number of aldehydes is 1. The maximum Gasteiger partial charge on any atom is 0.290 e. The Bertz CT molecular complexity index is 868. The Morgan fingerprint density at radius 1 is 1.10 bits per heavy atom. The molecular weight excluding hydrogens is 311 g/mol. The zero-order chi connectivity index (χ0) is 15.1. The standard InChI is InChI=1S/C15H6Cl2N2O2/c16-8-1-2-9-10(4-8)15(21)14-11(5-19-18)12(17)3-7(6-20)13(9)14/h1-6H. The summed E-state index contributed by atoms with van der Waals surface area (Å²) in [4.78, 5) is 26.8. The topological polar surface area (TPSA) is 70.5 Å². The van der Waals surface area contributed by atoms with E-state index < -0.39 is 0 Å². The van der Waals surface area contributed by atoms with Crippen LogP contribution in [-0.2, 0) is 0 Å². The summed E-state index contributed by atoms with van der Waals surface area (Å²) in [6.07, 6.45) is 1.72. The second-order valence-electron chi connectivity index (χ2n) is 4.49. The fourth-order valence-electron chi connectivity index (χ4n) is 2.54.